The normalized spacial score (nSPS) is 27.2. The van der Waals surface area contributed by atoms with Crippen molar-refractivity contribution in [3.05, 3.63) is 0 Å². The first-order valence-corrected chi connectivity index (χ1v) is 8.64. The monoisotopic (exact) mass is 276 g/mol. The first-order valence-electron chi connectivity index (χ1n) is 6.79. The highest BCUT2D eigenvalue weighted by molar-refractivity contribution is 7.88. The summed E-state index contributed by atoms with van der Waals surface area (Å²) in [7, 11) is -3.05. The first kappa shape index (κ1) is 14.2. The summed E-state index contributed by atoms with van der Waals surface area (Å²) in [6.07, 6.45) is 6.49. The third-order valence-corrected chi connectivity index (χ3v) is 5.41. The highest BCUT2D eigenvalue weighted by atomic mass is 32.2. The van der Waals surface area contributed by atoms with E-state index in [9.17, 15) is 13.5 Å². The fourth-order valence-electron chi connectivity index (χ4n) is 3.00. The lowest BCUT2D eigenvalue weighted by molar-refractivity contribution is -0.0314. The lowest BCUT2D eigenvalue weighted by Crippen LogP contribution is -2.53. The molecule has 1 aliphatic carbocycles. The molecular formula is C12H24N2O3S. The van der Waals surface area contributed by atoms with Crippen molar-refractivity contribution in [2.45, 2.75) is 37.7 Å². The van der Waals surface area contributed by atoms with Gasteiger partial charge in [0.05, 0.1) is 11.9 Å². The Kier molecular flexibility index (Phi) is 4.31. The van der Waals surface area contributed by atoms with Crippen LogP contribution in [0.2, 0.25) is 0 Å². The van der Waals surface area contributed by atoms with E-state index in [2.05, 4.69) is 4.90 Å². The van der Waals surface area contributed by atoms with Crippen LogP contribution >= 0.6 is 0 Å². The van der Waals surface area contributed by atoms with Crippen LogP contribution in [0, 0.1) is 0 Å². The van der Waals surface area contributed by atoms with E-state index in [1.807, 2.05) is 0 Å². The van der Waals surface area contributed by atoms with Crippen LogP contribution in [0.3, 0.4) is 0 Å². The van der Waals surface area contributed by atoms with Crippen LogP contribution in [0.5, 0.6) is 0 Å². The largest absolute Gasteiger partial charge is 0.389 e. The van der Waals surface area contributed by atoms with Gasteiger partial charge in [-0.15, -0.1) is 0 Å². The van der Waals surface area contributed by atoms with Crippen molar-refractivity contribution in [1.82, 2.24) is 9.21 Å². The van der Waals surface area contributed by atoms with Crippen LogP contribution in [0.25, 0.3) is 0 Å². The molecule has 0 atom stereocenters. The van der Waals surface area contributed by atoms with Crippen LogP contribution in [-0.2, 0) is 10.0 Å². The lowest BCUT2D eigenvalue weighted by Gasteiger charge is -2.40. The minimum absolute atomic E-state index is 0.536. The Morgan fingerprint density at radius 2 is 1.61 bits per heavy atom. The number of sulfonamides is 1. The molecule has 1 heterocycles. The molecule has 18 heavy (non-hydrogen) atoms. The standard InChI is InChI=1S/C12H24N2O3S/c1-18(16,17)14-9-7-13(8-10-14)11-12(15)5-3-2-4-6-12/h15H,2-11H2,1H3. The second-order valence-electron chi connectivity index (χ2n) is 5.72. The van der Waals surface area contributed by atoms with Gasteiger partial charge in [-0.3, -0.25) is 4.90 Å². The van der Waals surface area contributed by atoms with E-state index in [1.54, 1.807) is 0 Å². The van der Waals surface area contributed by atoms with Crippen LogP contribution in [0.1, 0.15) is 32.1 Å². The zero-order valence-electron chi connectivity index (χ0n) is 11.1. The molecule has 0 unspecified atom stereocenters. The van der Waals surface area contributed by atoms with Crippen molar-refractivity contribution in [2.24, 2.45) is 0 Å². The van der Waals surface area contributed by atoms with Gasteiger partial charge in [-0.05, 0) is 12.8 Å². The van der Waals surface area contributed by atoms with E-state index in [0.29, 0.717) is 19.6 Å². The van der Waals surface area contributed by atoms with Gasteiger partial charge in [0, 0.05) is 32.7 Å². The summed E-state index contributed by atoms with van der Waals surface area (Å²) >= 11 is 0. The third kappa shape index (κ3) is 3.66. The lowest BCUT2D eigenvalue weighted by atomic mass is 9.84. The molecule has 0 aromatic rings. The van der Waals surface area contributed by atoms with E-state index >= 15 is 0 Å². The molecule has 6 heteroatoms. The van der Waals surface area contributed by atoms with Crippen LogP contribution in [-0.4, -0.2) is 67.3 Å². The van der Waals surface area contributed by atoms with Gasteiger partial charge < -0.3 is 5.11 Å². The van der Waals surface area contributed by atoms with Gasteiger partial charge >= 0.3 is 0 Å². The zero-order chi connectivity index (χ0) is 13.2. The predicted molar refractivity (Wildman–Crippen MR) is 70.9 cm³/mol. The zero-order valence-corrected chi connectivity index (χ0v) is 12.0. The molecule has 0 aromatic carbocycles. The Hall–Kier alpha value is -0.170. The number of aliphatic hydroxyl groups is 1. The summed E-state index contributed by atoms with van der Waals surface area (Å²) in [5, 5.41) is 10.5. The smallest absolute Gasteiger partial charge is 0.211 e. The molecule has 0 bridgehead atoms. The van der Waals surface area contributed by atoms with Crippen molar-refractivity contribution < 1.29 is 13.5 Å². The van der Waals surface area contributed by atoms with Crippen molar-refractivity contribution in [3.63, 3.8) is 0 Å². The molecule has 106 valence electrons. The molecule has 1 saturated carbocycles. The average molecular weight is 276 g/mol. The van der Waals surface area contributed by atoms with E-state index < -0.39 is 15.6 Å². The molecule has 0 amide bonds. The Balaban J connectivity index is 1.83. The van der Waals surface area contributed by atoms with Crippen molar-refractivity contribution in [1.29, 1.82) is 0 Å². The summed E-state index contributed by atoms with van der Waals surface area (Å²) in [5.41, 5.74) is -0.536. The molecule has 2 rings (SSSR count). The van der Waals surface area contributed by atoms with Gasteiger partial charge in [-0.2, -0.15) is 4.31 Å². The minimum atomic E-state index is -3.05. The van der Waals surface area contributed by atoms with E-state index in [0.717, 1.165) is 38.8 Å². The Morgan fingerprint density at radius 1 is 1.06 bits per heavy atom. The predicted octanol–water partition coefficient (Wildman–Crippen LogP) is 0.259. The van der Waals surface area contributed by atoms with E-state index in [1.165, 1.54) is 17.0 Å². The summed E-state index contributed by atoms with van der Waals surface area (Å²) in [6, 6.07) is 0. The number of nitrogens with zero attached hydrogens (tertiary/aromatic N) is 2. The van der Waals surface area contributed by atoms with Crippen molar-refractivity contribution in [2.75, 3.05) is 39.0 Å². The maximum Gasteiger partial charge on any atom is 0.211 e. The molecule has 1 N–H and O–H groups in total. The summed E-state index contributed by atoms with van der Waals surface area (Å²) in [6.45, 7) is 3.26. The highest BCUT2D eigenvalue weighted by Gasteiger charge is 2.33. The molecule has 2 aliphatic rings. The van der Waals surface area contributed by atoms with Gasteiger partial charge in [0.15, 0.2) is 0 Å². The van der Waals surface area contributed by atoms with Crippen LogP contribution < -0.4 is 0 Å². The average Bonchev–Trinajstić information content (AvgIpc) is 2.29. The quantitative estimate of drug-likeness (QED) is 0.803. The van der Waals surface area contributed by atoms with E-state index in [4.69, 9.17) is 0 Å². The second kappa shape index (κ2) is 5.45. The fraction of sp³-hybridized carbons (Fsp3) is 1.00. The number of hydrogen-bond donors (Lipinski definition) is 1. The van der Waals surface area contributed by atoms with Crippen molar-refractivity contribution in [3.8, 4) is 0 Å². The topological polar surface area (TPSA) is 60.9 Å². The molecule has 1 saturated heterocycles. The maximum absolute atomic E-state index is 11.4. The summed E-state index contributed by atoms with van der Waals surface area (Å²) < 4.78 is 24.3. The van der Waals surface area contributed by atoms with Crippen LogP contribution in [0.15, 0.2) is 0 Å². The Bertz CT molecular complexity index is 369. The number of rotatable bonds is 3. The van der Waals surface area contributed by atoms with Gasteiger partial charge in [0.25, 0.3) is 0 Å². The Labute approximate surface area is 110 Å². The maximum atomic E-state index is 11.4. The van der Waals surface area contributed by atoms with Crippen molar-refractivity contribution >= 4 is 10.0 Å². The fourth-order valence-corrected chi connectivity index (χ4v) is 3.83. The molecule has 0 aromatic heterocycles. The van der Waals surface area contributed by atoms with E-state index in [-0.39, 0.29) is 0 Å². The molecular weight excluding hydrogens is 252 g/mol. The molecule has 0 spiro atoms. The first-order chi connectivity index (χ1) is 8.39. The molecule has 5 nitrogen and oxygen atoms in total. The summed E-state index contributed by atoms with van der Waals surface area (Å²) in [4.78, 5) is 2.20. The third-order valence-electron chi connectivity index (χ3n) is 4.10. The number of piperazine rings is 1. The van der Waals surface area contributed by atoms with Gasteiger partial charge in [-0.25, -0.2) is 8.42 Å². The molecule has 0 radical (unpaired) electrons. The second-order valence-corrected chi connectivity index (χ2v) is 7.71. The highest BCUT2D eigenvalue weighted by Crippen LogP contribution is 2.29. The molecule has 2 fully saturated rings. The minimum Gasteiger partial charge on any atom is -0.389 e. The Morgan fingerprint density at radius 3 is 2.11 bits per heavy atom. The van der Waals surface area contributed by atoms with Gasteiger partial charge in [0.1, 0.15) is 0 Å². The molecule has 1 aliphatic heterocycles. The van der Waals surface area contributed by atoms with Gasteiger partial charge in [0.2, 0.25) is 10.0 Å². The summed E-state index contributed by atoms with van der Waals surface area (Å²) in [5.74, 6) is 0. The number of β-amino-alcohol motifs (C(OH)–C–C–N with tert-alkyl or cyclic N) is 1. The van der Waals surface area contributed by atoms with Crippen LogP contribution in [0.4, 0.5) is 0 Å². The number of hydrogen-bond acceptors (Lipinski definition) is 4. The SMILES string of the molecule is CS(=O)(=O)N1CCN(CC2(O)CCCCC2)CC1. The van der Waals surface area contributed by atoms with Gasteiger partial charge in [-0.1, -0.05) is 19.3 Å².